The number of thioether (sulfide) groups is 1. The molecular formula is C8H14OS. The Kier molecular flexibility index (Phi) is 2.78. The van der Waals surface area contributed by atoms with Crippen molar-refractivity contribution in [2.24, 2.45) is 11.8 Å². The number of ketones is 1. The van der Waals surface area contributed by atoms with Gasteiger partial charge in [0.2, 0.25) is 0 Å². The lowest BCUT2D eigenvalue weighted by atomic mass is 10.1. The molecule has 1 rings (SSSR count). The lowest BCUT2D eigenvalue weighted by molar-refractivity contribution is -0.122. The van der Waals surface area contributed by atoms with Crippen molar-refractivity contribution in [3.8, 4) is 0 Å². The normalized spacial score (nSPS) is 20.6. The quantitative estimate of drug-likeness (QED) is 0.622. The fourth-order valence-corrected chi connectivity index (χ4v) is 1.77. The zero-order chi connectivity index (χ0) is 7.56. The van der Waals surface area contributed by atoms with Crippen LogP contribution in [-0.2, 0) is 4.79 Å². The van der Waals surface area contributed by atoms with Gasteiger partial charge in [0.05, 0.1) is 0 Å². The molecule has 0 aliphatic heterocycles. The Labute approximate surface area is 66.6 Å². The van der Waals surface area contributed by atoms with Crippen molar-refractivity contribution in [1.82, 2.24) is 0 Å². The summed E-state index contributed by atoms with van der Waals surface area (Å²) in [4.78, 5) is 11.3. The molecule has 0 heterocycles. The molecule has 0 N–H and O–H groups in total. The smallest absolute Gasteiger partial charge is 0.139 e. The predicted octanol–water partition coefficient (Wildman–Crippen LogP) is 1.96. The number of rotatable bonds is 4. The average Bonchev–Trinajstić information content (AvgIpc) is 2.68. The van der Waals surface area contributed by atoms with Crippen LogP contribution in [-0.4, -0.2) is 17.8 Å². The van der Waals surface area contributed by atoms with Gasteiger partial charge in [0.15, 0.2) is 0 Å². The lowest BCUT2D eigenvalue weighted by Gasteiger charge is -2.05. The Hall–Kier alpha value is 0.0200. The van der Waals surface area contributed by atoms with Crippen LogP contribution < -0.4 is 0 Å². The largest absolute Gasteiger partial charge is 0.299 e. The average molecular weight is 158 g/mol. The van der Waals surface area contributed by atoms with E-state index in [1.54, 1.807) is 11.8 Å². The van der Waals surface area contributed by atoms with Crippen LogP contribution in [0.25, 0.3) is 0 Å². The van der Waals surface area contributed by atoms with Gasteiger partial charge in [-0.1, -0.05) is 6.92 Å². The highest BCUT2D eigenvalue weighted by atomic mass is 32.2. The molecule has 58 valence electrons. The Morgan fingerprint density at radius 3 is 2.70 bits per heavy atom. The predicted molar refractivity (Wildman–Crippen MR) is 45.3 cm³/mol. The van der Waals surface area contributed by atoms with Crippen molar-refractivity contribution in [1.29, 1.82) is 0 Å². The third-order valence-corrected chi connectivity index (χ3v) is 2.72. The Bertz CT molecular complexity index is 129. The monoisotopic (exact) mass is 158 g/mol. The van der Waals surface area contributed by atoms with Gasteiger partial charge in [0, 0.05) is 17.6 Å². The summed E-state index contributed by atoms with van der Waals surface area (Å²) in [5.74, 6) is 2.23. The molecule has 1 unspecified atom stereocenters. The van der Waals surface area contributed by atoms with E-state index in [0.717, 1.165) is 18.6 Å². The summed E-state index contributed by atoms with van der Waals surface area (Å²) in [5, 5.41) is 0. The molecule has 1 fully saturated rings. The molecule has 0 radical (unpaired) electrons. The van der Waals surface area contributed by atoms with E-state index in [1.165, 1.54) is 0 Å². The molecule has 1 aliphatic carbocycles. The number of Topliss-reactive ketones (excluding diaryl/α,β-unsaturated/α-hetero) is 1. The first kappa shape index (κ1) is 8.12. The zero-order valence-corrected chi connectivity index (χ0v) is 7.41. The van der Waals surface area contributed by atoms with Crippen LogP contribution in [0.4, 0.5) is 0 Å². The molecule has 0 saturated heterocycles. The van der Waals surface area contributed by atoms with Crippen LogP contribution in [0.2, 0.25) is 0 Å². The number of hydrogen-bond acceptors (Lipinski definition) is 2. The van der Waals surface area contributed by atoms with Gasteiger partial charge in [0.25, 0.3) is 0 Å². The maximum atomic E-state index is 11.3. The highest BCUT2D eigenvalue weighted by molar-refractivity contribution is 7.98. The Balaban J connectivity index is 2.24. The molecule has 0 amide bonds. The Morgan fingerprint density at radius 2 is 2.30 bits per heavy atom. The first-order valence-electron chi connectivity index (χ1n) is 3.78. The number of hydrogen-bond donors (Lipinski definition) is 0. The second kappa shape index (κ2) is 3.42. The minimum Gasteiger partial charge on any atom is -0.299 e. The van der Waals surface area contributed by atoms with Crippen molar-refractivity contribution >= 4 is 17.5 Å². The molecule has 2 heteroatoms. The summed E-state index contributed by atoms with van der Waals surface area (Å²) in [6.45, 7) is 2.04. The van der Waals surface area contributed by atoms with E-state index in [0.29, 0.717) is 17.6 Å². The van der Waals surface area contributed by atoms with Crippen molar-refractivity contribution in [2.45, 2.75) is 19.8 Å². The topological polar surface area (TPSA) is 17.1 Å². The van der Waals surface area contributed by atoms with Gasteiger partial charge in [-0.05, 0) is 19.1 Å². The summed E-state index contributed by atoms with van der Waals surface area (Å²) in [6.07, 6.45) is 4.35. The van der Waals surface area contributed by atoms with E-state index in [9.17, 15) is 4.79 Å². The molecule has 0 aromatic carbocycles. The van der Waals surface area contributed by atoms with Crippen LogP contribution >= 0.6 is 11.8 Å². The molecule has 1 saturated carbocycles. The standard InChI is InChI=1S/C8H14OS/c1-6(5-10-2)8(9)7-3-4-7/h6-7H,3-5H2,1-2H3. The van der Waals surface area contributed by atoms with Gasteiger partial charge in [-0.3, -0.25) is 4.79 Å². The first-order valence-corrected chi connectivity index (χ1v) is 5.17. The van der Waals surface area contributed by atoms with Crippen LogP contribution in [0.5, 0.6) is 0 Å². The molecule has 0 aromatic heterocycles. The second-order valence-electron chi connectivity index (χ2n) is 3.03. The summed E-state index contributed by atoms with van der Waals surface area (Å²) < 4.78 is 0. The highest BCUT2D eigenvalue weighted by Crippen LogP contribution is 2.32. The summed E-state index contributed by atoms with van der Waals surface area (Å²) in [7, 11) is 0. The van der Waals surface area contributed by atoms with E-state index in [2.05, 4.69) is 6.26 Å². The van der Waals surface area contributed by atoms with Gasteiger partial charge >= 0.3 is 0 Å². The summed E-state index contributed by atoms with van der Waals surface area (Å²) >= 11 is 1.76. The van der Waals surface area contributed by atoms with Crippen LogP contribution in [0.3, 0.4) is 0 Å². The van der Waals surface area contributed by atoms with E-state index >= 15 is 0 Å². The molecular weight excluding hydrogens is 144 g/mol. The van der Waals surface area contributed by atoms with Crippen molar-refractivity contribution in [3.63, 3.8) is 0 Å². The third kappa shape index (κ3) is 2.01. The van der Waals surface area contributed by atoms with Crippen molar-refractivity contribution in [3.05, 3.63) is 0 Å². The fourth-order valence-electron chi connectivity index (χ4n) is 1.10. The third-order valence-electron chi connectivity index (χ3n) is 1.88. The van der Waals surface area contributed by atoms with Crippen LogP contribution in [0.1, 0.15) is 19.8 Å². The molecule has 1 nitrogen and oxygen atoms in total. The summed E-state index contributed by atoms with van der Waals surface area (Å²) in [5.41, 5.74) is 0. The zero-order valence-electron chi connectivity index (χ0n) is 6.59. The van der Waals surface area contributed by atoms with Gasteiger partial charge in [-0.15, -0.1) is 0 Å². The second-order valence-corrected chi connectivity index (χ2v) is 3.94. The van der Waals surface area contributed by atoms with Gasteiger partial charge in [0.1, 0.15) is 5.78 Å². The Morgan fingerprint density at radius 1 is 1.70 bits per heavy atom. The maximum absolute atomic E-state index is 11.3. The van der Waals surface area contributed by atoms with E-state index in [1.807, 2.05) is 6.92 Å². The molecule has 0 bridgehead atoms. The molecule has 1 atom stereocenters. The highest BCUT2D eigenvalue weighted by Gasteiger charge is 2.32. The van der Waals surface area contributed by atoms with E-state index in [4.69, 9.17) is 0 Å². The van der Waals surface area contributed by atoms with E-state index in [-0.39, 0.29) is 0 Å². The molecule has 10 heavy (non-hydrogen) atoms. The molecule has 1 aliphatic rings. The van der Waals surface area contributed by atoms with Gasteiger partial charge in [-0.2, -0.15) is 11.8 Å². The minimum atomic E-state index is 0.294. The lowest BCUT2D eigenvalue weighted by Crippen LogP contribution is -2.14. The van der Waals surface area contributed by atoms with Crippen LogP contribution in [0.15, 0.2) is 0 Å². The van der Waals surface area contributed by atoms with E-state index < -0.39 is 0 Å². The molecule has 0 spiro atoms. The SMILES string of the molecule is CSCC(C)C(=O)C1CC1. The van der Waals surface area contributed by atoms with Gasteiger partial charge < -0.3 is 0 Å². The number of carbonyl (C=O) groups is 1. The van der Waals surface area contributed by atoms with Crippen molar-refractivity contribution < 1.29 is 4.79 Å². The minimum absolute atomic E-state index is 0.294. The van der Waals surface area contributed by atoms with Gasteiger partial charge in [-0.25, -0.2) is 0 Å². The molecule has 0 aromatic rings. The van der Waals surface area contributed by atoms with Crippen LogP contribution in [0, 0.1) is 11.8 Å². The summed E-state index contributed by atoms with van der Waals surface area (Å²) in [6, 6.07) is 0. The number of carbonyl (C=O) groups excluding carboxylic acids is 1. The fraction of sp³-hybridized carbons (Fsp3) is 0.875. The first-order chi connectivity index (χ1) is 4.75. The van der Waals surface area contributed by atoms with Crippen molar-refractivity contribution in [2.75, 3.05) is 12.0 Å². The maximum Gasteiger partial charge on any atom is 0.139 e.